The molecule has 1 atom stereocenters. The maximum absolute atomic E-state index is 9.81. The van der Waals surface area contributed by atoms with Crippen LogP contribution in [0.15, 0.2) is 30.3 Å². The van der Waals surface area contributed by atoms with Gasteiger partial charge in [0.2, 0.25) is 0 Å². The van der Waals surface area contributed by atoms with Crippen molar-refractivity contribution in [3.63, 3.8) is 0 Å². The van der Waals surface area contributed by atoms with Crippen molar-refractivity contribution in [2.45, 2.75) is 18.9 Å². The third kappa shape index (κ3) is 2.64. The molecule has 0 bridgehead atoms. The molecule has 1 unspecified atom stereocenters. The Morgan fingerprint density at radius 3 is 2.52 bits per heavy atom. The molecule has 0 fully saturated rings. The minimum absolute atomic E-state index is 0.0493. The molecule has 5 heteroatoms. The highest BCUT2D eigenvalue weighted by Crippen LogP contribution is 2.40. The van der Waals surface area contributed by atoms with Crippen LogP contribution < -0.4 is 5.32 Å². The van der Waals surface area contributed by atoms with Crippen molar-refractivity contribution in [1.82, 2.24) is 5.32 Å². The molecule has 1 aliphatic heterocycles. The summed E-state index contributed by atoms with van der Waals surface area (Å²) in [6.45, 7) is 0.749. The van der Waals surface area contributed by atoms with E-state index in [2.05, 4.69) is 5.32 Å². The van der Waals surface area contributed by atoms with Gasteiger partial charge < -0.3 is 20.6 Å². The van der Waals surface area contributed by atoms with Crippen LogP contribution in [0.4, 0.5) is 0 Å². The molecule has 0 spiro atoms. The molecule has 4 N–H and O–H groups in total. The number of halogens is 1. The number of phenols is 3. The molecule has 0 saturated carbocycles. The predicted octanol–water partition coefficient (Wildman–Crippen LogP) is 2.89. The molecule has 1 aliphatic rings. The number of fused-ring (bicyclic) bond motifs is 1. The predicted molar refractivity (Wildman–Crippen MR) is 81.0 cm³/mol. The van der Waals surface area contributed by atoms with E-state index in [4.69, 9.17) is 11.6 Å². The number of nitrogens with one attached hydrogen (secondary N) is 1. The maximum Gasteiger partial charge on any atom is 0.176 e. The van der Waals surface area contributed by atoms with Crippen molar-refractivity contribution in [2.24, 2.45) is 0 Å². The Morgan fingerprint density at radius 2 is 1.81 bits per heavy atom. The van der Waals surface area contributed by atoms with Gasteiger partial charge in [-0.15, -0.1) is 0 Å². The van der Waals surface area contributed by atoms with Gasteiger partial charge in [0.25, 0.3) is 0 Å². The van der Waals surface area contributed by atoms with Gasteiger partial charge in [0.05, 0.1) is 5.02 Å². The lowest BCUT2D eigenvalue weighted by Gasteiger charge is -2.18. The quantitative estimate of drug-likeness (QED) is 0.611. The fourth-order valence-electron chi connectivity index (χ4n) is 2.76. The largest absolute Gasteiger partial charge is 0.508 e. The Bertz CT molecular complexity index is 670. The summed E-state index contributed by atoms with van der Waals surface area (Å²) in [5.74, 6) is -0.211. The van der Waals surface area contributed by atoms with Crippen molar-refractivity contribution < 1.29 is 15.3 Å². The van der Waals surface area contributed by atoms with Gasteiger partial charge in [-0.25, -0.2) is 0 Å². The molecule has 0 saturated heterocycles. The van der Waals surface area contributed by atoms with E-state index in [0.717, 1.165) is 29.7 Å². The number of benzene rings is 2. The van der Waals surface area contributed by atoms with Gasteiger partial charge in [0, 0.05) is 6.04 Å². The zero-order chi connectivity index (χ0) is 15.0. The van der Waals surface area contributed by atoms with E-state index in [0.29, 0.717) is 6.42 Å². The molecule has 21 heavy (non-hydrogen) atoms. The van der Waals surface area contributed by atoms with Crippen LogP contribution in [0, 0.1) is 0 Å². The summed E-state index contributed by atoms with van der Waals surface area (Å²) < 4.78 is 0. The molecule has 0 aliphatic carbocycles. The zero-order valence-electron chi connectivity index (χ0n) is 11.3. The van der Waals surface area contributed by atoms with Crippen molar-refractivity contribution in [2.75, 3.05) is 6.54 Å². The van der Waals surface area contributed by atoms with Gasteiger partial charge in [-0.05, 0) is 54.3 Å². The molecule has 0 aromatic heterocycles. The number of rotatable bonds is 1. The first-order valence-corrected chi connectivity index (χ1v) is 7.18. The molecule has 3 rings (SSSR count). The molecular formula is C16H16ClNO3. The minimum atomic E-state index is -0.262. The van der Waals surface area contributed by atoms with E-state index in [-0.39, 0.29) is 28.3 Å². The summed E-state index contributed by atoms with van der Waals surface area (Å²) in [5, 5.41) is 32.5. The molecule has 4 nitrogen and oxygen atoms in total. The molecular weight excluding hydrogens is 290 g/mol. The first kappa shape index (κ1) is 14.0. The SMILES string of the molecule is Oc1ccc(C2Cc3c(cc(O)c(O)c3Cl)CCN2)cc1. The van der Waals surface area contributed by atoms with Crippen molar-refractivity contribution in [3.05, 3.63) is 52.0 Å². The average Bonchev–Trinajstić information content (AvgIpc) is 2.68. The molecule has 0 radical (unpaired) electrons. The number of aromatic hydroxyl groups is 3. The standard InChI is InChI=1S/C16H16ClNO3/c17-15-12-8-13(9-1-3-11(19)4-2-9)18-6-5-10(12)7-14(20)16(15)21/h1-4,7,13,18-21H,5-6,8H2. The van der Waals surface area contributed by atoms with Gasteiger partial charge in [0.1, 0.15) is 5.75 Å². The van der Waals surface area contributed by atoms with E-state index < -0.39 is 0 Å². The van der Waals surface area contributed by atoms with Crippen LogP contribution in [0.2, 0.25) is 5.02 Å². The third-order valence-electron chi connectivity index (χ3n) is 3.90. The number of hydrogen-bond acceptors (Lipinski definition) is 4. The van der Waals surface area contributed by atoms with Crippen LogP contribution in [0.1, 0.15) is 22.7 Å². The van der Waals surface area contributed by atoms with Crippen LogP contribution in [0.3, 0.4) is 0 Å². The molecule has 2 aromatic rings. The molecule has 110 valence electrons. The number of phenolic OH excluding ortho intramolecular Hbond substituents is 3. The van der Waals surface area contributed by atoms with Crippen LogP contribution in [-0.4, -0.2) is 21.9 Å². The topological polar surface area (TPSA) is 72.7 Å². The smallest absolute Gasteiger partial charge is 0.176 e. The van der Waals surface area contributed by atoms with Gasteiger partial charge >= 0.3 is 0 Å². The van der Waals surface area contributed by atoms with Crippen molar-refractivity contribution in [1.29, 1.82) is 0 Å². The fraction of sp³-hybridized carbons (Fsp3) is 0.250. The second-order valence-corrected chi connectivity index (χ2v) is 5.63. The highest BCUT2D eigenvalue weighted by Gasteiger charge is 2.23. The van der Waals surface area contributed by atoms with E-state index in [1.165, 1.54) is 0 Å². The van der Waals surface area contributed by atoms with Crippen LogP contribution in [0.5, 0.6) is 17.2 Å². The Balaban J connectivity index is 1.99. The second-order valence-electron chi connectivity index (χ2n) is 5.25. The van der Waals surface area contributed by atoms with Crippen LogP contribution in [0.25, 0.3) is 0 Å². The summed E-state index contributed by atoms with van der Waals surface area (Å²) in [5.41, 5.74) is 2.85. The zero-order valence-corrected chi connectivity index (χ0v) is 12.1. The lowest BCUT2D eigenvalue weighted by Crippen LogP contribution is -2.22. The highest BCUT2D eigenvalue weighted by atomic mass is 35.5. The van der Waals surface area contributed by atoms with Crippen molar-refractivity contribution in [3.8, 4) is 17.2 Å². The lowest BCUT2D eigenvalue weighted by molar-refractivity contribution is 0.402. The summed E-state index contributed by atoms with van der Waals surface area (Å²) in [6.07, 6.45) is 1.35. The normalized spacial score (nSPS) is 18.0. The Hall–Kier alpha value is -1.91. The van der Waals surface area contributed by atoms with E-state index in [1.54, 1.807) is 18.2 Å². The third-order valence-corrected chi connectivity index (χ3v) is 4.31. The molecule has 2 aromatic carbocycles. The highest BCUT2D eigenvalue weighted by molar-refractivity contribution is 6.33. The monoisotopic (exact) mass is 305 g/mol. The Labute approximate surface area is 127 Å². The van der Waals surface area contributed by atoms with E-state index >= 15 is 0 Å². The molecule has 0 amide bonds. The summed E-state index contributed by atoms with van der Waals surface area (Å²) in [6, 6.07) is 8.67. The Kier molecular flexibility index (Phi) is 3.66. The summed E-state index contributed by atoms with van der Waals surface area (Å²) >= 11 is 6.19. The summed E-state index contributed by atoms with van der Waals surface area (Å²) in [7, 11) is 0. The van der Waals surface area contributed by atoms with Crippen molar-refractivity contribution >= 4 is 11.6 Å². The summed E-state index contributed by atoms with van der Waals surface area (Å²) in [4.78, 5) is 0. The maximum atomic E-state index is 9.81. The van der Waals surface area contributed by atoms with Gasteiger partial charge in [-0.3, -0.25) is 0 Å². The minimum Gasteiger partial charge on any atom is -0.508 e. The average molecular weight is 306 g/mol. The van der Waals surface area contributed by atoms with Gasteiger partial charge in [-0.2, -0.15) is 0 Å². The van der Waals surface area contributed by atoms with E-state index in [1.807, 2.05) is 12.1 Å². The van der Waals surface area contributed by atoms with Crippen LogP contribution in [-0.2, 0) is 12.8 Å². The first-order chi connectivity index (χ1) is 10.1. The Morgan fingerprint density at radius 1 is 1.10 bits per heavy atom. The van der Waals surface area contributed by atoms with Gasteiger partial charge in [-0.1, -0.05) is 23.7 Å². The first-order valence-electron chi connectivity index (χ1n) is 6.80. The fourth-order valence-corrected chi connectivity index (χ4v) is 3.06. The van der Waals surface area contributed by atoms with E-state index in [9.17, 15) is 15.3 Å². The second kappa shape index (κ2) is 5.47. The number of hydrogen-bond donors (Lipinski definition) is 4. The van der Waals surface area contributed by atoms with Gasteiger partial charge in [0.15, 0.2) is 11.5 Å². The lowest BCUT2D eigenvalue weighted by atomic mass is 9.96. The molecule has 1 heterocycles. The van der Waals surface area contributed by atoms with Crippen LogP contribution >= 0.6 is 11.6 Å².